The van der Waals surface area contributed by atoms with Gasteiger partial charge in [-0.05, 0) is 29.2 Å². The normalized spacial score (nSPS) is 24.9. The molecule has 0 spiro atoms. The Hall–Kier alpha value is -0.730. The van der Waals surface area contributed by atoms with Crippen LogP contribution in [0.3, 0.4) is 0 Å². The lowest BCUT2D eigenvalue weighted by molar-refractivity contribution is -0.139. The highest BCUT2D eigenvalue weighted by Gasteiger charge is 2.62. The minimum Gasteiger partial charge on any atom is -0.481 e. The molecule has 2 rings (SSSR count). The fraction of sp³-hybridized carbons (Fsp3) is 0.462. The number of carboxylic acids is 1. The van der Waals surface area contributed by atoms with Gasteiger partial charge in [0.1, 0.15) is 0 Å². The van der Waals surface area contributed by atoms with Crippen LogP contribution in [-0.4, -0.2) is 11.1 Å². The number of carbonyl (C=O) groups is 1. The maximum absolute atomic E-state index is 11.1. The van der Waals surface area contributed by atoms with E-state index in [1.807, 2.05) is 13.8 Å². The van der Waals surface area contributed by atoms with Crippen LogP contribution in [0.4, 0.5) is 0 Å². The average molecular weight is 275 g/mol. The van der Waals surface area contributed by atoms with Crippen molar-refractivity contribution in [3.63, 3.8) is 0 Å². The highest BCUT2D eigenvalue weighted by atomic mass is 35.5. The predicted molar refractivity (Wildman–Crippen MR) is 70.8 cm³/mol. The summed E-state index contributed by atoms with van der Waals surface area (Å²) in [7, 11) is 0. The summed E-state index contributed by atoms with van der Waals surface area (Å²) in [5.41, 5.74) is 0.690. The zero-order valence-corrected chi connectivity index (χ0v) is 10.5. The minimum atomic E-state index is -0.758. The first-order valence-corrected chi connectivity index (χ1v) is 5.78. The molecule has 2 atom stereocenters. The van der Waals surface area contributed by atoms with Crippen molar-refractivity contribution in [2.75, 3.05) is 0 Å². The summed E-state index contributed by atoms with van der Waals surface area (Å²) >= 11 is 11.8. The van der Waals surface area contributed by atoms with Crippen molar-refractivity contribution in [3.8, 4) is 0 Å². The average Bonchev–Trinajstić information content (AvgIpc) is 2.67. The van der Waals surface area contributed by atoms with E-state index in [-0.39, 0.29) is 24.7 Å². The lowest BCUT2D eigenvalue weighted by atomic mass is 10.0. The topological polar surface area (TPSA) is 37.3 Å². The van der Waals surface area contributed by atoms with E-state index in [0.29, 0.717) is 10.0 Å². The molecular formula is C13H16Cl2O2. The molecule has 94 valence electrons. The summed E-state index contributed by atoms with van der Waals surface area (Å²) in [5.74, 6) is -1.10. The van der Waals surface area contributed by atoms with Crippen molar-refractivity contribution in [2.45, 2.75) is 27.2 Å². The Kier molecular flexibility index (Phi) is 3.80. The molecule has 0 radical (unpaired) electrons. The molecule has 1 aliphatic rings. The first-order chi connectivity index (χ1) is 7.34. The minimum absolute atomic E-state index is 0. The Morgan fingerprint density at radius 3 is 2.06 bits per heavy atom. The summed E-state index contributed by atoms with van der Waals surface area (Å²) < 4.78 is 0. The molecule has 0 bridgehead atoms. The molecule has 0 aliphatic heterocycles. The van der Waals surface area contributed by atoms with Crippen molar-refractivity contribution in [1.82, 2.24) is 0 Å². The summed E-state index contributed by atoms with van der Waals surface area (Å²) in [6.07, 6.45) is 0. The number of rotatable bonds is 2. The molecule has 17 heavy (non-hydrogen) atoms. The van der Waals surface area contributed by atoms with Gasteiger partial charge in [0.15, 0.2) is 0 Å². The van der Waals surface area contributed by atoms with E-state index >= 15 is 0 Å². The van der Waals surface area contributed by atoms with E-state index in [4.69, 9.17) is 28.3 Å². The van der Waals surface area contributed by atoms with Gasteiger partial charge in [-0.25, -0.2) is 0 Å². The second-order valence-corrected chi connectivity index (χ2v) is 5.69. The third-order valence-corrected chi connectivity index (χ3v) is 3.77. The molecule has 4 heteroatoms. The van der Waals surface area contributed by atoms with Gasteiger partial charge in [0.05, 0.1) is 5.92 Å². The molecule has 0 saturated heterocycles. The van der Waals surface area contributed by atoms with Gasteiger partial charge in [-0.15, -0.1) is 0 Å². The Morgan fingerprint density at radius 2 is 1.71 bits per heavy atom. The van der Waals surface area contributed by atoms with Crippen LogP contribution in [0, 0.1) is 11.3 Å². The second kappa shape index (κ2) is 4.51. The third-order valence-electron chi connectivity index (χ3n) is 3.34. The van der Waals surface area contributed by atoms with Crippen LogP contribution in [-0.2, 0) is 4.79 Å². The second-order valence-electron chi connectivity index (χ2n) is 4.82. The number of benzene rings is 1. The summed E-state index contributed by atoms with van der Waals surface area (Å²) in [4.78, 5) is 11.1. The van der Waals surface area contributed by atoms with Gasteiger partial charge in [0.2, 0.25) is 0 Å². The Morgan fingerprint density at radius 1 is 1.24 bits per heavy atom. The van der Waals surface area contributed by atoms with Crippen LogP contribution in [0.1, 0.15) is 32.8 Å². The first-order valence-electron chi connectivity index (χ1n) is 5.03. The molecule has 1 fully saturated rings. The van der Waals surface area contributed by atoms with Crippen LogP contribution < -0.4 is 0 Å². The lowest BCUT2D eigenvalue weighted by Crippen LogP contribution is -2.03. The fourth-order valence-corrected chi connectivity index (χ4v) is 3.02. The van der Waals surface area contributed by atoms with Gasteiger partial charge in [-0.2, -0.15) is 0 Å². The molecule has 0 aromatic heterocycles. The molecule has 1 N–H and O–H groups in total. The summed E-state index contributed by atoms with van der Waals surface area (Å²) in [6.45, 7) is 3.90. The predicted octanol–water partition coefficient (Wildman–Crippen LogP) is 4.45. The van der Waals surface area contributed by atoms with Gasteiger partial charge in [0, 0.05) is 16.0 Å². The summed E-state index contributed by atoms with van der Waals surface area (Å²) in [6, 6.07) is 5.24. The fourth-order valence-electron chi connectivity index (χ4n) is 2.48. The zero-order chi connectivity index (χ0) is 12.1. The van der Waals surface area contributed by atoms with E-state index in [9.17, 15) is 4.79 Å². The maximum atomic E-state index is 11.1. The van der Waals surface area contributed by atoms with Crippen molar-refractivity contribution >= 4 is 29.2 Å². The van der Waals surface area contributed by atoms with E-state index < -0.39 is 5.97 Å². The molecule has 1 aromatic rings. The van der Waals surface area contributed by atoms with Crippen LogP contribution in [0.15, 0.2) is 18.2 Å². The number of carboxylic acid groups (broad SMARTS) is 1. The molecule has 0 amide bonds. The molecule has 0 unspecified atom stereocenters. The van der Waals surface area contributed by atoms with Crippen LogP contribution in [0.5, 0.6) is 0 Å². The zero-order valence-electron chi connectivity index (χ0n) is 9.00. The molecular weight excluding hydrogens is 259 g/mol. The number of hydrogen-bond acceptors (Lipinski definition) is 1. The van der Waals surface area contributed by atoms with E-state index in [1.54, 1.807) is 18.2 Å². The molecule has 1 saturated carbocycles. The SMILES string of the molecule is C.CC1(C)[C@H](C(=O)O)[C@H]1c1cc(Cl)cc(Cl)c1. The maximum Gasteiger partial charge on any atom is 0.307 e. The van der Waals surface area contributed by atoms with Crippen molar-refractivity contribution in [2.24, 2.45) is 11.3 Å². The largest absolute Gasteiger partial charge is 0.481 e. The van der Waals surface area contributed by atoms with Gasteiger partial charge >= 0.3 is 5.97 Å². The lowest BCUT2D eigenvalue weighted by Gasteiger charge is -2.04. The smallest absolute Gasteiger partial charge is 0.307 e. The number of hydrogen-bond donors (Lipinski definition) is 1. The molecule has 0 heterocycles. The van der Waals surface area contributed by atoms with Crippen LogP contribution >= 0.6 is 23.2 Å². The van der Waals surface area contributed by atoms with Gasteiger partial charge in [-0.3, -0.25) is 4.79 Å². The van der Waals surface area contributed by atoms with Gasteiger partial charge in [-0.1, -0.05) is 44.5 Å². The number of aliphatic carboxylic acids is 1. The van der Waals surface area contributed by atoms with Gasteiger partial charge < -0.3 is 5.11 Å². The molecule has 2 nitrogen and oxygen atoms in total. The van der Waals surface area contributed by atoms with Crippen LogP contribution in [0.25, 0.3) is 0 Å². The quantitative estimate of drug-likeness (QED) is 0.865. The van der Waals surface area contributed by atoms with E-state index in [1.165, 1.54) is 0 Å². The van der Waals surface area contributed by atoms with E-state index in [0.717, 1.165) is 5.56 Å². The van der Waals surface area contributed by atoms with E-state index in [2.05, 4.69) is 0 Å². The standard InChI is InChI=1S/C12H12Cl2O2.CH4/c1-12(2)9(10(12)11(15)16)6-3-7(13)5-8(14)4-6;/h3-5,9-10H,1-2H3,(H,15,16);1H4/t9-,10+;/m1./s1. The van der Waals surface area contributed by atoms with Crippen molar-refractivity contribution < 1.29 is 9.90 Å². The Balaban J connectivity index is 0.00000144. The molecule has 1 aliphatic carbocycles. The monoisotopic (exact) mass is 274 g/mol. The highest BCUT2D eigenvalue weighted by Crippen LogP contribution is 2.64. The Labute approximate surface area is 112 Å². The Bertz CT molecular complexity index is 434. The van der Waals surface area contributed by atoms with Crippen LogP contribution in [0.2, 0.25) is 10.0 Å². The third kappa shape index (κ3) is 2.43. The first kappa shape index (κ1) is 14.3. The van der Waals surface area contributed by atoms with Crippen molar-refractivity contribution in [3.05, 3.63) is 33.8 Å². The van der Waals surface area contributed by atoms with Crippen molar-refractivity contribution in [1.29, 1.82) is 0 Å². The van der Waals surface area contributed by atoms with Gasteiger partial charge in [0.25, 0.3) is 0 Å². The molecule has 1 aromatic carbocycles. The highest BCUT2D eigenvalue weighted by molar-refractivity contribution is 6.34. The summed E-state index contributed by atoms with van der Waals surface area (Å²) in [5, 5.41) is 10.2. The number of halogens is 2.